The number of carbonyl (C=O) groups excluding carboxylic acids is 2. The Balaban J connectivity index is 1.93. The smallest absolute Gasteiger partial charge is 0.308 e. The van der Waals surface area contributed by atoms with Gasteiger partial charge in [0.05, 0.1) is 22.3 Å². The molecule has 0 saturated carbocycles. The molecule has 1 heterocycles. The molecule has 0 amide bonds. The average molecular weight is 568 g/mol. The maximum absolute atomic E-state index is 13.5. The van der Waals surface area contributed by atoms with Gasteiger partial charge in [0.1, 0.15) is 21.0 Å². The molecule has 0 aliphatic heterocycles. The molecule has 8 nitrogen and oxygen atoms in total. The van der Waals surface area contributed by atoms with Crippen LogP contribution in [0.2, 0.25) is 20.1 Å². The van der Waals surface area contributed by atoms with Gasteiger partial charge < -0.3 is 13.9 Å². The van der Waals surface area contributed by atoms with Crippen molar-refractivity contribution in [3.05, 3.63) is 72.3 Å². The van der Waals surface area contributed by atoms with Gasteiger partial charge in [-0.05, 0) is 30.3 Å². The lowest BCUT2D eigenvalue weighted by Gasteiger charge is -2.14. The van der Waals surface area contributed by atoms with E-state index >= 15 is 0 Å². The molecule has 12 heteroatoms. The molecule has 0 unspecified atom stereocenters. The van der Waals surface area contributed by atoms with Crippen LogP contribution in [0.15, 0.2) is 50.7 Å². The molecule has 4 rings (SSSR count). The molecule has 0 saturated heterocycles. The third kappa shape index (κ3) is 4.99. The third-order valence-corrected chi connectivity index (χ3v) is 6.02. The summed E-state index contributed by atoms with van der Waals surface area (Å²) < 4.78 is 16.3. The van der Waals surface area contributed by atoms with Crippen LogP contribution >= 0.6 is 46.4 Å². The van der Waals surface area contributed by atoms with Crippen LogP contribution in [0.25, 0.3) is 21.9 Å². The fourth-order valence-electron chi connectivity index (χ4n) is 3.34. The number of esters is 2. The summed E-state index contributed by atoms with van der Waals surface area (Å²) in [5.74, 6) is -2.16. The predicted octanol–water partition coefficient (Wildman–Crippen LogP) is 6.86. The summed E-state index contributed by atoms with van der Waals surface area (Å²) in [6.07, 6.45) is 1.41. The zero-order valence-corrected chi connectivity index (χ0v) is 21.5. The summed E-state index contributed by atoms with van der Waals surface area (Å²) in [7, 11) is 0. The number of fused-ring (bicyclic) bond motifs is 2. The molecule has 36 heavy (non-hydrogen) atoms. The molecule has 0 bridgehead atoms. The van der Waals surface area contributed by atoms with Crippen LogP contribution in [-0.2, 0) is 9.59 Å². The summed E-state index contributed by atoms with van der Waals surface area (Å²) >= 11 is 24.8. The molecule has 0 aliphatic carbocycles. The van der Waals surface area contributed by atoms with Crippen LogP contribution in [0.3, 0.4) is 0 Å². The first-order valence-corrected chi connectivity index (χ1v) is 11.6. The van der Waals surface area contributed by atoms with Crippen molar-refractivity contribution in [3.63, 3.8) is 0 Å². The van der Waals surface area contributed by atoms with Crippen molar-refractivity contribution in [1.82, 2.24) is 0 Å². The van der Waals surface area contributed by atoms with Gasteiger partial charge in [0.25, 0.3) is 0 Å². The Bertz CT molecular complexity index is 1650. The Kier molecular flexibility index (Phi) is 7.42. The third-order valence-electron chi connectivity index (χ3n) is 4.78. The van der Waals surface area contributed by atoms with Crippen molar-refractivity contribution in [3.8, 4) is 11.5 Å². The van der Waals surface area contributed by atoms with Crippen molar-refractivity contribution >= 4 is 92.2 Å². The molecule has 4 aromatic rings. The molecule has 0 fully saturated rings. The van der Waals surface area contributed by atoms with Gasteiger partial charge in [0.2, 0.25) is 5.43 Å². The standard InChI is InChI=1S/C24H14Cl4N2O6/c1-10(31)34-22-17-20(33)14-5-3-4-12(9-29-30-16-7-6-13(25)8-15(16)26)21(14)36-23(17)19(28)24(18(22)27)35-11(2)32/h3-9,30H,1-2H3/b29-9-. The highest BCUT2D eigenvalue weighted by Gasteiger charge is 2.27. The molecule has 0 radical (unpaired) electrons. The second-order valence-corrected chi connectivity index (χ2v) is 8.93. The molecule has 184 valence electrons. The number of nitrogens with one attached hydrogen (secondary N) is 1. The van der Waals surface area contributed by atoms with E-state index in [0.29, 0.717) is 21.3 Å². The number of carbonyl (C=O) groups is 2. The number of ether oxygens (including phenoxy) is 2. The van der Waals surface area contributed by atoms with Gasteiger partial charge in [0.15, 0.2) is 17.1 Å². The topological polar surface area (TPSA) is 107 Å². The van der Waals surface area contributed by atoms with Crippen LogP contribution in [0.5, 0.6) is 11.5 Å². The van der Waals surface area contributed by atoms with E-state index in [-0.39, 0.29) is 43.5 Å². The lowest BCUT2D eigenvalue weighted by molar-refractivity contribution is -0.132. The summed E-state index contributed by atoms with van der Waals surface area (Å²) in [5, 5.41) is 4.35. The quantitative estimate of drug-likeness (QED) is 0.0922. The Hall–Kier alpha value is -3.30. The Labute approximate surface area is 223 Å². The summed E-state index contributed by atoms with van der Waals surface area (Å²) in [5.41, 5.74) is 3.03. The lowest BCUT2D eigenvalue weighted by atomic mass is 10.1. The van der Waals surface area contributed by atoms with Gasteiger partial charge in [-0.15, -0.1) is 0 Å². The normalized spacial score (nSPS) is 11.3. The van der Waals surface area contributed by atoms with Crippen LogP contribution in [0, 0.1) is 0 Å². The maximum Gasteiger partial charge on any atom is 0.308 e. The highest BCUT2D eigenvalue weighted by Crippen LogP contribution is 2.47. The minimum atomic E-state index is -0.762. The first-order valence-electron chi connectivity index (χ1n) is 10.1. The van der Waals surface area contributed by atoms with Crippen LogP contribution in [0.1, 0.15) is 19.4 Å². The fourth-order valence-corrected chi connectivity index (χ4v) is 4.37. The number of nitrogens with zero attached hydrogens (tertiary/aromatic N) is 1. The highest BCUT2D eigenvalue weighted by atomic mass is 35.5. The fraction of sp³-hybridized carbons (Fsp3) is 0.0833. The van der Waals surface area contributed by atoms with E-state index in [1.165, 1.54) is 12.3 Å². The van der Waals surface area contributed by atoms with Gasteiger partial charge >= 0.3 is 11.9 Å². The van der Waals surface area contributed by atoms with Gasteiger partial charge in [-0.25, -0.2) is 0 Å². The van der Waals surface area contributed by atoms with Crippen molar-refractivity contribution in [2.24, 2.45) is 5.10 Å². The second-order valence-electron chi connectivity index (χ2n) is 7.33. The Morgan fingerprint density at radius 1 is 0.944 bits per heavy atom. The molecular weight excluding hydrogens is 554 g/mol. The largest absolute Gasteiger partial charge is 0.453 e. The van der Waals surface area contributed by atoms with Gasteiger partial charge in [-0.2, -0.15) is 5.10 Å². The number of hydrogen-bond acceptors (Lipinski definition) is 8. The van der Waals surface area contributed by atoms with E-state index in [1.807, 2.05) is 0 Å². The number of halogens is 4. The van der Waals surface area contributed by atoms with E-state index in [9.17, 15) is 14.4 Å². The van der Waals surface area contributed by atoms with E-state index in [4.69, 9.17) is 60.3 Å². The Morgan fingerprint density at radius 2 is 1.64 bits per heavy atom. The SMILES string of the molecule is CC(=O)Oc1c(Cl)c(OC(C)=O)c2c(=O)c3cccc(/C=N\Nc4ccc(Cl)cc4Cl)c3oc2c1Cl. The highest BCUT2D eigenvalue weighted by molar-refractivity contribution is 6.42. The van der Waals surface area contributed by atoms with Crippen molar-refractivity contribution < 1.29 is 23.5 Å². The Morgan fingerprint density at radius 3 is 2.31 bits per heavy atom. The monoisotopic (exact) mass is 566 g/mol. The number of anilines is 1. The zero-order chi connectivity index (χ0) is 26.1. The molecule has 0 atom stereocenters. The van der Waals surface area contributed by atoms with E-state index < -0.39 is 17.4 Å². The lowest BCUT2D eigenvalue weighted by Crippen LogP contribution is -2.11. The molecule has 0 aliphatic rings. The number of rotatable bonds is 5. The zero-order valence-electron chi connectivity index (χ0n) is 18.5. The molecular formula is C24H14Cl4N2O6. The number of benzene rings is 3. The van der Waals surface area contributed by atoms with Crippen molar-refractivity contribution in [2.75, 3.05) is 5.43 Å². The molecule has 3 aromatic carbocycles. The predicted molar refractivity (Wildman–Crippen MR) is 140 cm³/mol. The van der Waals surface area contributed by atoms with E-state index in [1.54, 1.807) is 30.3 Å². The van der Waals surface area contributed by atoms with Crippen LogP contribution in [-0.4, -0.2) is 18.2 Å². The summed E-state index contributed by atoms with van der Waals surface area (Å²) in [6, 6.07) is 9.62. The number of hydrazone groups is 1. The van der Waals surface area contributed by atoms with Crippen LogP contribution < -0.4 is 20.3 Å². The minimum Gasteiger partial charge on any atom is -0.453 e. The summed E-state index contributed by atoms with van der Waals surface area (Å²) in [6.45, 7) is 2.26. The minimum absolute atomic E-state index is 0.120. The molecule has 1 aromatic heterocycles. The number of hydrogen-bond donors (Lipinski definition) is 1. The van der Waals surface area contributed by atoms with Gasteiger partial charge in [0, 0.05) is 24.4 Å². The first-order chi connectivity index (χ1) is 17.1. The van der Waals surface area contributed by atoms with Gasteiger partial charge in [-0.1, -0.05) is 52.5 Å². The molecule has 1 N–H and O–H groups in total. The van der Waals surface area contributed by atoms with E-state index in [2.05, 4.69) is 10.5 Å². The first kappa shape index (κ1) is 25.8. The second kappa shape index (κ2) is 10.4. The van der Waals surface area contributed by atoms with Crippen molar-refractivity contribution in [1.29, 1.82) is 0 Å². The maximum atomic E-state index is 13.5. The summed E-state index contributed by atoms with van der Waals surface area (Å²) in [4.78, 5) is 36.8. The molecule has 0 spiro atoms. The van der Waals surface area contributed by atoms with E-state index in [0.717, 1.165) is 13.8 Å². The average Bonchev–Trinajstić information content (AvgIpc) is 2.81. The van der Waals surface area contributed by atoms with Crippen LogP contribution in [0.4, 0.5) is 5.69 Å². The number of para-hydroxylation sites is 1. The van der Waals surface area contributed by atoms with Crippen molar-refractivity contribution in [2.45, 2.75) is 13.8 Å². The van der Waals surface area contributed by atoms with Gasteiger partial charge in [-0.3, -0.25) is 19.8 Å².